The first kappa shape index (κ1) is 24.0. The maximum absolute atomic E-state index is 13.4. The van der Waals surface area contributed by atoms with E-state index in [2.05, 4.69) is 5.32 Å². The maximum Gasteiger partial charge on any atom is 0.274 e. The van der Waals surface area contributed by atoms with Gasteiger partial charge in [-0.2, -0.15) is 0 Å². The van der Waals surface area contributed by atoms with Crippen LogP contribution in [0.1, 0.15) is 34.0 Å². The third-order valence-electron chi connectivity index (χ3n) is 7.69. The van der Waals surface area contributed by atoms with Gasteiger partial charge in [-0.1, -0.05) is 42.5 Å². The highest BCUT2D eigenvalue weighted by molar-refractivity contribution is 5.98. The minimum absolute atomic E-state index is 0.0312. The summed E-state index contributed by atoms with van der Waals surface area (Å²) < 4.78 is 6.95. The van der Waals surface area contributed by atoms with Gasteiger partial charge in [0.15, 0.2) is 0 Å². The Kier molecular flexibility index (Phi) is 6.19. The highest BCUT2D eigenvalue weighted by Crippen LogP contribution is 2.36. The van der Waals surface area contributed by atoms with E-state index in [4.69, 9.17) is 4.74 Å². The molecule has 0 saturated carbocycles. The number of amides is 2. The van der Waals surface area contributed by atoms with Crippen molar-refractivity contribution in [2.45, 2.75) is 25.3 Å². The Morgan fingerprint density at radius 2 is 1.71 bits per heavy atom. The molecule has 0 unspecified atom stereocenters. The molecule has 192 valence electrons. The van der Waals surface area contributed by atoms with Crippen molar-refractivity contribution in [2.75, 3.05) is 25.5 Å². The number of anilines is 1. The molecule has 1 N–H and O–H groups in total. The topological polar surface area (TPSA) is 80.6 Å². The number of carbonyl (C=O) groups is 2. The first-order valence-corrected chi connectivity index (χ1v) is 12.9. The maximum atomic E-state index is 13.4. The molecule has 0 spiro atoms. The molecule has 2 bridgehead atoms. The molecule has 4 aromatic rings. The van der Waals surface area contributed by atoms with Crippen LogP contribution >= 0.6 is 0 Å². The second kappa shape index (κ2) is 9.82. The molecule has 7 nitrogen and oxygen atoms in total. The van der Waals surface area contributed by atoms with Crippen LogP contribution in [0, 0.1) is 5.92 Å². The van der Waals surface area contributed by atoms with E-state index in [1.54, 1.807) is 17.7 Å². The monoisotopic (exact) mass is 507 g/mol. The molecule has 38 heavy (non-hydrogen) atoms. The van der Waals surface area contributed by atoms with Gasteiger partial charge in [0.25, 0.3) is 11.5 Å². The average molecular weight is 508 g/mol. The van der Waals surface area contributed by atoms with Crippen molar-refractivity contribution in [3.63, 3.8) is 0 Å². The fourth-order valence-corrected chi connectivity index (χ4v) is 5.83. The van der Waals surface area contributed by atoms with Gasteiger partial charge in [0.1, 0.15) is 11.4 Å². The molecule has 2 aliphatic rings. The standard InChI is InChI=1S/C31H29N3O4/c1-38-26-10-6-20(7-11-26)15-29(35)32-27-12-13-28-25-14-21(18-34(28)31(27)37)17-33(19-25)30(36)24-9-8-22-4-2-3-5-23(22)16-24/h2-13,16,21,25H,14-15,17-19H2,1H3,(H,32,35)/t21-,25+/m0/s1. The molecule has 2 aliphatic heterocycles. The molecule has 1 fully saturated rings. The summed E-state index contributed by atoms with van der Waals surface area (Å²) in [6.07, 6.45) is 1.12. The van der Waals surface area contributed by atoms with E-state index in [-0.39, 0.29) is 41.3 Å². The average Bonchev–Trinajstić information content (AvgIpc) is 2.94. The number of hydrogen-bond donors (Lipinski definition) is 1. The van der Waals surface area contributed by atoms with E-state index in [1.807, 2.05) is 77.7 Å². The van der Waals surface area contributed by atoms with Crippen LogP contribution < -0.4 is 15.6 Å². The number of carbonyl (C=O) groups excluding carboxylic acids is 2. The Morgan fingerprint density at radius 1 is 0.921 bits per heavy atom. The van der Waals surface area contributed by atoms with E-state index in [9.17, 15) is 14.4 Å². The molecule has 7 heteroatoms. The Balaban J connectivity index is 1.18. The smallest absolute Gasteiger partial charge is 0.274 e. The number of likely N-dealkylation sites (tertiary alicyclic amines) is 1. The van der Waals surface area contributed by atoms with Crippen LogP contribution in [0.2, 0.25) is 0 Å². The summed E-state index contributed by atoms with van der Waals surface area (Å²) in [5, 5.41) is 4.96. The number of ether oxygens (including phenoxy) is 1. The summed E-state index contributed by atoms with van der Waals surface area (Å²) >= 11 is 0. The normalized spacial score (nSPS) is 18.1. The molecule has 0 radical (unpaired) electrons. The predicted octanol–water partition coefficient (Wildman–Crippen LogP) is 4.45. The molecular formula is C31H29N3O4. The molecule has 1 saturated heterocycles. The van der Waals surface area contributed by atoms with Gasteiger partial charge in [0.05, 0.1) is 13.5 Å². The minimum Gasteiger partial charge on any atom is -0.497 e. The van der Waals surface area contributed by atoms with Gasteiger partial charge in [-0.25, -0.2) is 0 Å². The first-order valence-electron chi connectivity index (χ1n) is 12.9. The quantitative estimate of drug-likeness (QED) is 0.433. The summed E-state index contributed by atoms with van der Waals surface area (Å²) in [6, 6.07) is 24.8. The number of benzene rings is 3. The lowest BCUT2D eigenvalue weighted by atomic mass is 9.83. The van der Waals surface area contributed by atoms with Gasteiger partial charge in [-0.15, -0.1) is 0 Å². The number of rotatable bonds is 5. The highest BCUT2D eigenvalue weighted by Gasteiger charge is 2.37. The number of nitrogens with one attached hydrogen (secondary N) is 1. The van der Waals surface area contributed by atoms with Crippen molar-refractivity contribution in [3.8, 4) is 5.75 Å². The van der Waals surface area contributed by atoms with Crippen LogP contribution in [0.3, 0.4) is 0 Å². The fraction of sp³-hybridized carbons (Fsp3) is 0.258. The Hall–Kier alpha value is -4.39. The van der Waals surface area contributed by atoms with Crippen molar-refractivity contribution in [3.05, 3.63) is 106 Å². The molecule has 6 rings (SSSR count). The SMILES string of the molecule is COc1ccc(CC(=O)Nc2ccc3n(c2=O)C[C@H]2C[C@@H]3CN(C(=O)c3ccc4ccccc4c3)C2)cc1. The van der Waals surface area contributed by atoms with Gasteiger partial charge in [0, 0.05) is 36.8 Å². The van der Waals surface area contributed by atoms with Crippen LogP contribution in [-0.4, -0.2) is 41.5 Å². The second-order valence-electron chi connectivity index (χ2n) is 10.2. The van der Waals surface area contributed by atoms with Crippen LogP contribution in [0.5, 0.6) is 5.75 Å². The van der Waals surface area contributed by atoms with Gasteiger partial charge >= 0.3 is 0 Å². The summed E-state index contributed by atoms with van der Waals surface area (Å²) in [5.41, 5.74) is 2.56. The zero-order valence-electron chi connectivity index (χ0n) is 21.2. The van der Waals surface area contributed by atoms with E-state index in [0.29, 0.717) is 25.2 Å². The molecule has 2 amide bonds. The number of nitrogens with zero attached hydrogens (tertiary/aromatic N) is 2. The van der Waals surface area contributed by atoms with Gasteiger partial charge in [-0.3, -0.25) is 14.4 Å². The summed E-state index contributed by atoms with van der Waals surface area (Å²) in [7, 11) is 1.60. The van der Waals surface area contributed by atoms with Crippen molar-refractivity contribution >= 4 is 28.3 Å². The van der Waals surface area contributed by atoms with Crippen LogP contribution in [0.15, 0.2) is 83.7 Å². The zero-order valence-corrected chi connectivity index (χ0v) is 21.2. The minimum atomic E-state index is -0.240. The largest absolute Gasteiger partial charge is 0.497 e. The lowest BCUT2D eigenvalue weighted by Crippen LogP contribution is -2.49. The molecule has 3 heterocycles. The molecular weight excluding hydrogens is 478 g/mol. The van der Waals surface area contributed by atoms with Crippen molar-refractivity contribution in [1.29, 1.82) is 0 Å². The second-order valence-corrected chi connectivity index (χ2v) is 10.2. The summed E-state index contributed by atoms with van der Waals surface area (Å²) in [6.45, 7) is 1.72. The van der Waals surface area contributed by atoms with Crippen molar-refractivity contribution < 1.29 is 14.3 Å². The zero-order chi connectivity index (χ0) is 26.2. The first-order chi connectivity index (χ1) is 18.5. The van der Waals surface area contributed by atoms with E-state index >= 15 is 0 Å². The van der Waals surface area contributed by atoms with Crippen molar-refractivity contribution in [2.24, 2.45) is 5.92 Å². The summed E-state index contributed by atoms with van der Waals surface area (Å²) in [5.74, 6) is 0.794. The van der Waals surface area contributed by atoms with E-state index in [1.165, 1.54) is 0 Å². The molecule has 3 aromatic carbocycles. The number of aromatic nitrogens is 1. The molecule has 0 aliphatic carbocycles. The van der Waals surface area contributed by atoms with E-state index < -0.39 is 0 Å². The number of pyridine rings is 1. The van der Waals surface area contributed by atoms with Crippen molar-refractivity contribution in [1.82, 2.24) is 9.47 Å². The third kappa shape index (κ3) is 4.56. The fourth-order valence-electron chi connectivity index (χ4n) is 5.83. The van der Waals surface area contributed by atoms with Crippen LogP contribution in [0.25, 0.3) is 10.8 Å². The third-order valence-corrected chi connectivity index (χ3v) is 7.69. The number of hydrogen-bond acceptors (Lipinski definition) is 4. The Labute approximate surface area is 220 Å². The van der Waals surface area contributed by atoms with Gasteiger partial charge in [-0.05, 0) is 65.1 Å². The van der Waals surface area contributed by atoms with E-state index in [0.717, 1.165) is 34.2 Å². The van der Waals surface area contributed by atoms with Crippen LogP contribution in [0.4, 0.5) is 5.69 Å². The lowest BCUT2D eigenvalue weighted by molar-refractivity contribution is -0.115. The van der Waals surface area contributed by atoms with Gasteiger partial charge < -0.3 is 19.5 Å². The Morgan fingerprint density at radius 3 is 2.50 bits per heavy atom. The lowest BCUT2D eigenvalue weighted by Gasteiger charge is -2.43. The predicted molar refractivity (Wildman–Crippen MR) is 147 cm³/mol. The highest BCUT2D eigenvalue weighted by atomic mass is 16.5. The van der Waals surface area contributed by atoms with Crippen LogP contribution in [-0.2, 0) is 17.8 Å². The number of fused-ring (bicyclic) bond motifs is 5. The number of piperidine rings is 1. The summed E-state index contributed by atoms with van der Waals surface area (Å²) in [4.78, 5) is 41.3. The Bertz CT molecular complexity index is 1590. The van der Waals surface area contributed by atoms with Gasteiger partial charge in [0.2, 0.25) is 5.91 Å². The molecule has 2 atom stereocenters. The number of methoxy groups -OCH3 is 1. The molecule has 1 aromatic heterocycles.